The Labute approximate surface area is 123 Å². The van der Waals surface area contributed by atoms with Gasteiger partial charge in [-0.25, -0.2) is 4.98 Å². The Bertz CT molecular complexity index is 623. The molecule has 0 fully saturated rings. The first-order valence-electron chi connectivity index (χ1n) is 5.99. The molecule has 0 aromatic carbocycles. The van der Waals surface area contributed by atoms with Crippen LogP contribution in [-0.4, -0.2) is 20.7 Å². The van der Waals surface area contributed by atoms with Gasteiger partial charge in [0.15, 0.2) is 0 Å². The molecule has 0 aliphatic carbocycles. The fourth-order valence-corrected chi connectivity index (χ4v) is 1.91. The maximum atomic E-state index is 11.9. The number of nitrogens with zero attached hydrogens (tertiary/aromatic N) is 3. The fraction of sp³-hybridized carbons (Fsp3) is 0.308. The van der Waals surface area contributed by atoms with Gasteiger partial charge in [-0.05, 0) is 26.0 Å². The largest absolute Gasteiger partial charge is 0.384 e. The first kappa shape index (κ1) is 16.0. The molecule has 0 aliphatic heterocycles. The van der Waals surface area contributed by atoms with Gasteiger partial charge in [-0.1, -0.05) is 6.07 Å². The standard InChI is InChI=1S/C13H17N5O.ClH/c1-8-10(9(2)18(3)17-8)7-15-13(19)11-5-4-6-12(14)16-11;/h4-6H,7H2,1-3H3,(H2,14,16)(H,15,19);1H. The number of halogens is 1. The van der Waals surface area contributed by atoms with Crippen molar-refractivity contribution in [1.29, 1.82) is 0 Å². The summed E-state index contributed by atoms with van der Waals surface area (Å²) in [6.07, 6.45) is 0. The van der Waals surface area contributed by atoms with Crippen LogP contribution >= 0.6 is 12.4 Å². The third kappa shape index (κ3) is 3.27. The smallest absolute Gasteiger partial charge is 0.270 e. The van der Waals surface area contributed by atoms with E-state index < -0.39 is 0 Å². The molecule has 0 atom stereocenters. The Morgan fingerprint density at radius 2 is 2.10 bits per heavy atom. The van der Waals surface area contributed by atoms with Gasteiger partial charge in [-0.2, -0.15) is 5.10 Å². The number of aryl methyl sites for hydroxylation is 2. The lowest BCUT2D eigenvalue weighted by atomic mass is 10.2. The fourth-order valence-electron chi connectivity index (χ4n) is 1.91. The van der Waals surface area contributed by atoms with Crippen molar-refractivity contribution in [3.8, 4) is 0 Å². The van der Waals surface area contributed by atoms with Crippen LogP contribution in [0, 0.1) is 13.8 Å². The summed E-state index contributed by atoms with van der Waals surface area (Å²) >= 11 is 0. The molecule has 6 nitrogen and oxygen atoms in total. The maximum absolute atomic E-state index is 11.9. The molecule has 2 aromatic rings. The summed E-state index contributed by atoms with van der Waals surface area (Å²) in [5.41, 5.74) is 8.85. The van der Waals surface area contributed by atoms with Crippen molar-refractivity contribution in [2.75, 3.05) is 5.73 Å². The normalized spacial score (nSPS) is 9.95. The second kappa shape index (κ2) is 6.38. The van der Waals surface area contributed by atoms with E-state index in [1.54, 1.807) is 22.9 Å². The molecule has 108 valence electrons. The SMILES string of the molecule is Cc1nn(C)c(C)c1CNC(=O)c1cccc(N)n1.Cl. The summed E-state index contributed by atoms with van der Waals surface area (Å²) in [4.78, 5) is 15.9. The third-order valence-electron chi connectivity index (χ3n) is 3.09. The van der Waals surface area contributed by atoms with E-state index in [0.717, 1.165) is 17.0 Å². The monoisotopic (exact) mass is 295 g/mol. The Balaban J connectivity index is 0.00000200. The van der Waals surface area contributed by atoms with Crippen LogP contribution in [0.1, 0.15) is 27.4 Å². The molecule has 2 aromatic heterocycles. The molecule has 0 unspecified atom stereocenters. The maximum Gasteiger partial charge on any atom is 0.270 e. The number of pyridine rings is 1. The first-order valence-corrected chi connectivity index (χ1v) is 5.99. The number of anilines is 1. The predicted molar refractivity (Wildman–Crippen MR) is 79.7 cm³/mol. The second-order valence-corrected chi connectivity index (χ2v) is 4.40. The third-order valence-corrected chi connectivity index (χ3v) is 3.09. The van der Waals surface area contributed by atoms with Crippen LogP contribution in [0.25, 0.3) is 0 Å². The lowest BCUT2D eigenvalue weighted by Crippen LogP contribution is -2.24. The van der Waals surface area contributed by atoms with Crippen LogP contribution in [0.4, 0.5) is 5.82 Å². The summed E-state index contributed by atoms with van der Waals surface area (Å²) in [7, 11) is 1.88. The average molecular weight is 296 g/mol. The molecular weight excluding hydrogens is 278 g/mol. The van der Waals surface area contributed by atoms with Gasteiger partial charge in [-0.3, -0.25) is 9.48 Å². The van der Waals surface area contributed by atoms with E-state index in [4.69, 9.17) is 5.73 Å². The number of carbonyl (C=O) groups excluding carboxylic acids is 1. The molecule has 7 heteroatoms. The van der Waals surface area contributed by atoms with Crippen molar-refractivity contribution in [2.24, 2.45) is 7.05 Å². The van der Waals surface area contributed by atoms with Gasteiger partial charge in [0.25, 0.3) is 5.91 Å². The Morgan fingerprint density at radius 3 is 2.65 bits per heavy atom. The highest BCUT2D eigenvalue weighted by Gasteiger charge is 2.12. The molecule has 0 aliphatic rings. The highest BCUT2D eigenvalue weighted by Crippen LogP contribution is 2.11. The zero-order chi connectivity index (χ0) is 14.0. The minimum absolute atomic E-state index is 0. The summed E-state index contributed by atoms with van der Waals surface area (Å²) < 4.78 is 1.80. The van der Waals surface area contributed by atoms with E-state index in [-0.39, 0.29) is 18.3 Å². The van der Waals surface area contributed by atoms with Gasteiger partial charge in [0.05, 0.1) is 5.69 Å². The molecule has 0 spiro atoms. The quantitative estimate of drug-likeness (QED) is 0.895. The van der Waals surface area contributed by atoms with Crippen molar-refractivity contribution in [3.63, 3.8) is 0 Å². The van der Waals surface area contributed by atoms with E-state index in [2.05, 4.69) is 15.4 Å². The zero-order valence-electron chi connectivity index (χ0n) is 11.7. The number of carbonyl (C=O) groups is 1. The van der Waals surface area contributed by atoms with Crippen molar-refractivity contribution in [1.82, 2.24) is 20.1 Å². The lowest BCUT2D eigenvalue weighted by molar-refractivity contribution is 0.0946. The number of amides is 1. The molecule has 3 N–H and O–H groups in total. The average Bonchev–Trinajstić information content (AvgIpc) is 2.61. The van der Waals surface area contributed by atoms with Crippen molar-refractivity contribution in [3.05, 3.63) is 40.8 Å². The van der Waals surface area contributed by atoms with Crippen LogP contribution in [0.3, 0.4) is 0 Å². The van der Waals surface area contributed by atoms with E-state index in [1.807, 2.05) is 20.9 Å². The Hall–Kier alpha value is -2.08. The molecule has 0 radical (unpaired) electrons. The zero-order valence-corrected chi connectivity index (χ0v) is 12.5. The predicted octanol–water partition coefficient (Wildman–Crippen LogP) is 1.37. The number of nitrogens with two attached hydrogens (primary N) is 1. The van der Waals surface area contributed by atoms with E-state index in [1.165, 1.54) is 0 Å². The number of hydrogen-bond acceptors (Lipinski definition) is 4. The van der Waals surface area contributed by atoms with E-state index >= 15 is 0 Å². The summed E-state index contributed by atoms with van der Waals surface area (Å²) in [6, 6.07) is 4.98. The number of rotatable bonds is 3. The molecular formula is C13H18ClN5O. The van der Waals surface area contributed by atoms with Gasteiger partial charge in [0.1, 0.15) is 11.5 Å². The Kier molecular flexibility index (Phi) is 5.10. The number of hydrogen-bond donors (Lipinski definition) is 2. The van der Waals surface area contributed by atoms with E-state index in [0.29, 0.717) is 18.1 Å². The highest BCUT2D eigenvalue weighted by molar-refractivity contribution is 5.92. The van der Waals surface area contributed by atoms with Gasteiger partial charge >= 0.3 is 0 Å². The van der Waals surface area contributed by atoms with Crippen molar-refractivity contribution >= 4 is 24.1 Å². The minimum Gasteiger partial charge on any atom is -0.384 e. The van der Waals surface area contributed by atoms with Gasteiger partial charge in [0.2, 0.25) is 0 Å². The molecule has 1 amide bonds. The summed E-state index contributed by atoms with van der Waals surface area (Å²) in [5, 5.41) is 7.13. The van der Waals surface area contributed by atoms with E-state index in [9.17, 15) is 4.79 Å². The second-order valence-electron chi connectivity index (χ2n) is 4.40. The molecule has 2 rings (SSSR count). The van der Waals surface area contributed by atoms with Gasteiger partial charge < -0.3 is 11.1 Å². The van der Waals surface area contributed by atoms with Crippen LogP contribution in [0.5, 0.6) is 0 Å². The Morgan fingerprint density at radius 1 is 1.40 bits per heavy atom. The molecule has 0 saturated heterocycles. The van der Waals surface area contributed by atoms with Crippen molar-refractivity contribution in [2.45, 2.75) is 20.4 Å². The molecule has 2 heterocycles. The lowest BCUT2D eigenvalue weighted by Gasteiger charge is -2.05. The molecule has 0 saturated carbocycles. The van der Waals surface area contributed by atoms with Gasteiger partial charge in [0, 0.05) is 24.8 Å². The number of nitrogen functional groups attached to an aromatic ring is 1. The minimum atomic E-state index is -0.241. The number of aromatic nitrogens is 3. The van der Waals surface area contributed by atoms with Crippen LogP contribution < -0.4 is 11.1 Å². The molecule has 20 heavy (non-hydrogen) atoms. The van der Waals surface area contributed by atoms with Crippen LogP contribution in [0.2, 0.25) is 0 Å². The van der Waals surface area contributed by atoms with Gasteiger partial charge in [-0.15, -0.1) is 12.4 Å². The summed E-state index contributed by atoms with van der Waals surface area (Å²) in [6.45, 7) is 4.33. The highest BCUT2D eigenvalue weighted by atomic mass is 35.5. The number of nitrogens with one attached hydrogen (secondary N) is 1. The van der Waals surface area contributed by atoms with Crippen molar-refractivity contribution < 1.29 is 4.79 Å². The van der Waals surface area contributed by atoms with Crippen LogP contribution in [-0.2, 0) is 13.6 Å². The molecule has 0 bridgehead atoms. The first-order chi connectivity index (χ1) is 8.99. The summed E-state index contributed by atoms with van der Waals surface area (Å²) in [5.74, 6) is 0.0938. The van der Waals surface area contributed by atoms with Crippen LogP contribution in [0.15, 0.2) is 18.2 Å². The topological polar surface area (TPSA) is 85.8 Å².